The molecule has 1 spiro atoms. The Kier molecular flexibility index (Phi) is 5.07. The minimum absolute atomic E-state index is 0.0107. The van der Waals surface area contributed by atoms with Gasteiger partial charge in [0.15, 0.2) is 11.6 Å². The van der Waals surface area contributed by atoms with Crippen molar-refractivity contribution in [2.45, 2.75) is 41.8 Å². The van der Waals surface area contributed by atoms with E-state index in [1.54, 1.807) is 18.3 Å². The van der Waals surface area contributed by atoms with Crippen LogP contribution in [0.3, 0.4) is 0 Å². The molecule has 9 heteroatoms. The molecule has 0 saturated carbocycles. The molecule has 1 aromatic heterocycles. The minimum Gasteiger partial charge on any atom is -0.396 e. The van der Waals surface area contributed by atoms with Gasteiger partial charge in [-0.05, 0) is 31.9 Å². The standard InChI is InChI=1S/C19H24FN5O2S/c1-11-16(22)19(10-27-11)5-7-25(8-6-19)17-18(26)24-14(9-23-17)28-13-4-2-3-12(21)15(13)20/h2-4,9,11,16H,5-8,10,21-22H2,1H3,(H,24,26)/t11-,16+/m0/s1. The molecule has 0 amide bonds. The zero-order valence-electron chi connectivity index (χ0n) is 15.7. The van der Waals surface area contributed by atoms with Crippen LogP contribution < -0.4 is 21.9 Å². The fourth-order valence-corrected chi connectivity index (χ4v) is 4.86. The number of H-pyrrole nitrogens is 1. The van der Waals surface area contributed by atoms with E-state index >= 15 is 0 Å². The SMILES string of the molecule is C[C@@H]1OCC2(CCN(c3ncc(Sc4cccc(N)c4F)[nH]c3=O)CC2)[C@@H]1N. The van der Waals surface area contributed by atoms with Gasteiger partial charge in [-0.15, -0.1) is 0 Å². The molecule has 2 atom stereocenters. The van der Waals surface area contributed by atoms with Crippen molar-refractivity contribution in [3.63, 3.8) is 0 Å². The van der Waals surface area contributed by atoms with Crippen molar-refractivity contribution in [1.82, 2.24) is 9.97 Å². The molecule has 0 unspecified atom stereocenters. The molecule has 2 fully saturated rings. The van der Waals surface area contributed by atoms with Gasteiger partial charge in [-0.2, -0.15) is 0 Å². The first-order valence-corrected chi connectivity index (χ1v) is 10.1. The summed E-state index contributed by atoms with van der Waals surface area (Å²) in [7, 11) is 0. The van der Waals surface area contributed by atoms with Crippen molar-refractivity contribution in [3.05, 3.63) is 40.6 Å². The van der Waals surface area contributed by atoms with Crippen LogP contribution in [0.4, 0.5) is 15.9 Å². The molecule has 2 aliphatic rings. The van der Waals surface area contributed by atoms with E-state index < -0.39 is 5.82 Å². The molecular weight excluding hydrogens is 381 g/mol. The van der Waals surface area contributed by atoms with Gasteiger partial charge in [0.25, 0.3) is 5.56 Å². The first kappa shape index (κ1) is 19.2. The van der Waals surface area contributed by atoms with Crippen LogP contribution in [0.5, 0.6) is 0 Å². The van der Waals surface area contributed by atoms with Crippen molar-refractivity contribution in [3.8, 4) is 0 Å². The molecule has 2 aromatic rings. The molecule has 3 heterocycles. The molecule has 0 radical (unpaired) electrons. The first-order valence-electron chi connectivity index (χ1n) is 9.33. The zero-order valence-corrected chi connectivity index (χ0v) is 16.5. The summed E-state index contributed by atoms with van der Waals surface area (Å²) >= 11 is 1.09. The number of benzene rings is 1. The van der Waals surface area contributed by atoms with Gasteiger partial charge in [0.2, 0.25) is 0 Å². The lowest BCUT2D eigenvalue weighted by Gasteiger charge is -2.41. The highest BCUT2D eigenvalue weighted by Gasteiger charge is 2.47. The summed E-state index contributed by atoms with van der Waals surface area (Å²) in [6, 6.07) is 4.80. The zero-order chi connectivity index (χ0) is 19.9. The Morgan fingerprint density at radius 3 is 2.79 bits per heavy atom. The van der Waals surface area contributed by atoms with Crippen LogP contribution in [-0.2, 0) is 4.74 Å². The Balaban J connectivity index is 1.47. The number of aromatic nitrogens is 2. The number of halogens is 1. The molecule has 7 nitrogen and oxygen atoms in total. The summed E-state index contributed by atoms with van der Waals surface area (Å²) in [5.41, 5.74) is 11.7. The van der Waals surface area contributed by atoms with Crippen LogP contribution in [0.25, 0.3) is 0 Å². The fourth-order valence-electron chi connectivity index (χ4n) is 4.02. The smallest absolute Gasteiger partial charge is 0.291 e. The highest BCUT2D eigenvalue weighted by Crippen LogP contribution is 2.41. The lowest BCUT2D eigenvalue weighted by atomic mass is 9.73. The maximum atomic E-state index is 14.1. The number of piperidine rings is 1. The maximum absolute atomic E-state index is 14.1. The monoisotopic (exact) mass is 405 g/mol. The van der Waals surface area contributed by atoms with Gasteiger partial charge < -0.3 is 26.1 Å². The van der Waals surface area contributed by atoms with E-state index in [4.69, 9.17) is 16.2 Å². The van der Waals surface area contributed by atoms with Gasteiger partial charge in [0, 0.05) is 24.5 Å². The average Bonchev–Trinajstić information content (AvgIpc) is 2.95. The summed E-state index contributed by atoms with van der Waals surface area (Å²) in [4.78, 5) is 22.0. The average molecular weight is 405 g/mol. The number of nitrogen functional groups attached to an aromatic ring is 1. The number of nitrogens with zero attached hydrogens (tertiary/aromatic N) is 2. The molecule has 0 aliphatic carbocycles. The van der Waals surface area contributed by atoms with Crippen LogP contribution in [0.2, 0.25) is 0 Å². The number of hydrogen-bond acceptors (Lipinski definition) is 7. The van der Waals surface area contributed by atoms with Crippen molar-refractivity contribution >= 4 is 23.3 Å². The Morgan fingerprint density at radius 2 is 2.14 bits per heavy atom. The molecule has 28 heavy (non-hydrogen) atoms. The number of nitrogens with two attached hydrogens (primary N) is 2. The summed E-state index contributed by atoms with van der Waals surface area (Å²) in [5.74, 6) is -0.115. The van der Waals surface area contributed by atoms with Crippen LogP contribution in [0.15, 0.2) is 39.1 Å². The molecule has 0 bridgehead atoms. The predicted molar refractivity (Wildman–Crippen MR) is 107 cm³/mol. The summed E-state index contributed by atoms with van der Waals surface area (Å²) < 4.78 is 19.8. The van der Waals surface area contributed by atoms with E-state index in [2.05, 4.69) is 9.97 Å². The Labute approximate surface area is 166 Å². The molecule has 2 aliphatic heterocycles. The third kappa shape index (κ3) is 3.38. The summed E-state index contributed by atoms with van der Waals surface area (Å²) in [5, 5.41) is 0.465. The van der Waals surface area contributed by atoms with E-state index in [1.165, 1.54) is 6.07 Å². The maximum Gasteiger partial charge on any atom is 0.291 e. The highest BCUT2D eigenvalue weighted by molar-refractivity contribution is 7.99. The Hall–Kier alpha value is -2.10. The largest absolute Gasteiger partial charge is 0.396 e. The Bertz CT molecular complexity index is 929. The molecule has 4 rings (SSSR count). The van der Waals surface area contributed by atoms with E-state index in [0.717, 1.165) is 24.6 Å². The number of ether oxygens (including phenoxy) is 1. The van der Waals surface area contributed by atoms with E-state index in [9.17, 15) is 9.18 Å². The number of nitrogens with one attached hydrogen (secondary N) is 1. The van der Waals surface area contributed by atoms with Crippen molar-refractivity contribution in [2.75, 3.05) is 30.3 Å². The normalized spacial score (nSPS) is 24.0. The molecule has 2 saturated heterocycles. The second kappa shape index (κ2) is 7.38. The Morgan fingerprint density at radius 1 is 1.39 bits per heavy atom. The van der Waals surface area contributed by atoms with Crippen LogP contribution >= 0.6 is 11.8 Å². The quantitative estimate of drug-likeness (QED) is 0.670. The fraction of sp³-hybridized carbons (Fsp3) is 0.474. The van der Waals surface area contributed by atoms with Crippen molar-refractivity contribution < 1.29 is 9.13 Å². The molecular formula is C19H24FN5O2S. The molecule has 5 N–H and O–H groups in total. The summed E-state index contributed by atoms with van der Waals surface area (Å²) in [6.07, 6.45) is 3.35. The molecule has 1 aromatic carbocycles. The topological polar surface area (TPSA) is 110 Å². The third-order valence-corrected chi connectivity index (χ3v) is 6.82. The van der Waals surface area contributed by atoms with Crippen LogP contribution in [-0.4, -0.2) is 41.8 Å². The first-order chi connectivity index (χ1) is 13.4. The van der Waals surface area contributed by atoms with Gasteiger partial charge >= 0.3 is 0 Å². The number of aromatic amines is 1. The third-order valence-electron chi connectivity index (χ3n) is 5.86. The second-order valence-electron chi connectivity index (χ2n) is 7.55. The van der Waals surface area contributed by atoms with Gasteiger partial charge in [-0.25, -0.2) is 9.37 Å². The predicted octanol–water partition coefficient (Wildman–Crippen LogP) is 1.98. The van der Waals surface area contributed by atoms with E-state index in [-0.39, 0.29) is 28.8 Å². The number of hydrogen-bond donors (Lipinski definition) is 3. The summed E-state index contributed by atoms with van der Waals surface area (Å²) in [6.45, 7) is 4.10. The van der Waals surface area contributed by atoms with E-state index in [0.29, 0.717) is 35.4 Å². The lowest BCUT2D eigenvalue weighted by Crippen LogP contribution is -2.51. The highest BCUT2D eigenvalue weighted by atomic mass is 32.2. The van der Waals surface area contributed by atoms with Crippen molar-refractivity contribution in [2.24, 2.45) is 11.1 Å². The molecule has 150 valence electrons. The van der Waals surface area contributed by atoms with Crippen LogP contribution in [0, 0.1) is 11.2 Å². The van der Waals surface area contributed by atoms with Gasteiger partial charge in [-0.1, -0.05) is 17.8 Å². The lowest BCUT2D eigenvalue weighted by molar-refractivity contribution is 0.0974. The second-order valence-corrected chi connectivity index (χ2v) is 8.64. The number of rotatable bonds is 3. The van der Waals surface area contributed by atoms with Gasteiger partial charge in [0.1, 0.15) is 0 Å². The number of anilines is 2. The van der Waals surface area contributed by atoms with Crippen LogP contribution in [0.1, 0.15) is 19.8 Å². The van der Waals surface area contributed by atoms with Crippen molar-refractivity contribution in [1.29, 1.82) is 0 Å². The van der Waals surface area contributed by atoms with Gasteiger partial charge in [-0.3, -0.25) is 4.79 Å². The minimum atomic E-state index is -0.497. The van der Waals surface area contributed by atoms with E-state index in [1.807, 2.05) is 11.8 Å². The van der Waals surface area contributed by atoms with Gasteiger partial charge in [0.05, 0.1) is 34.5 Å².